The number of fused-ring (bicyclic) bond motifs is 2. The average Bonchev–Trinajstić information content (AvgIpc) is 2.99. The SMILES string of the molecule is C[C@@H](NC(=O)OC(C)(C)C)C(=O)OC[C@H]1O[C@@H](Oc2ccc3c(=O)c(-c4ccc5c(c4)OCCO5)coc3c2)[C@@H](O)[C@@H](O)[C@@H]1O. The Morgan fingerprint density at radius 2 is 1.73 bits per heavy atom. The first-order valence-electron chi connectivity index (χ1n) is 14.3. The molecule has 0 unspecified atom stereocenters. The molecular formula is C31H35NO13. The molecule has 242 valence electrons. The van der Waals surface area contributed by atoms with Crippen LogP contribution < -0.4 is 25.0 Å². The second-order valence-corrected chi connectivity index (χ2v) is 11.6. The van der Waals surface area contributed by atoms with Crippen molar-refractivity contribution in [2.24, 2.45) is 0 Å². The van der Waals surface area contributed by atoms with Gasteiger partial charge in [-0.05, 0) is 57.5 Å². The summed E-state index contributed by atoms with van der Waals surface area (Å²) in [5, 5.41) is 34.0. The predicted molar refractivity (Wildman–Crippen MR) is 156 cm³/mol. The van der Waals surface area contributed by atoms with Crippen LogP contribution in [0, 0.1) is 0 Å². The number of ether oxygens (including phenoxy) is 6. The molecule has 1 amide bonds. The van der Waals surface area contributed by atoms with Crippen LogP contribution in [0.25, 0.3) is 22.1 Å². The monoisotopic (exact) mass is 629 g/mol. The lowest BCUT2D eigenvalue weighted by Gasteiger charge is -2.40. The first-order chi connectivity index (χ1) is 21.3. The Kier molecular flexibility index (Phi) is 9.20. The van der Waals surface area contributed by atoms with Crippen molar-refractivity contribution in [2.45, 2.75) is 70.0 Å². The van der Waals surface area contributed by atoms with Crippen LogP contribution in [0.3, 0.4) is 0 Å². The quantitative estimate of drug-likeness (QED) is 0.277. The highest BCUT2D eigenvalue weighted by Crippen LogP contribution is 2.34. The van der Waals surface area contributed by atoms with Crippen LogP contribution >= 0.6 is 0 Å². The lowest BCUT2D eigenvalue weighted by molar-refractivity contribution is -0.278. The van der Waals surface area contributed by atoms with E-state index in [1.807, 2.05) is 0 Å². The zero-order valence-electron chi connectivity index (χ0n) is 25.1. The number of rotatable bonds is 7. The number of aliphatic hydroxyl groups is 3. The summed E-state index contributed by atoms with van der Waals surface area (Å²) in [5.74, 6) is 0.387. The van der Waals surface area contributed by atoms with Crippen LogP contribution in [0.1, 0.15) is 27.7 Å². The minimum atomic E-state index is -1.71. The van der Waals surface area contributed by atoms with Gasteiger partial charge in [-0.2, -0.15) is 0 Å². The first kappa shape index (κ1) is 32.0. The highest BCUT2D eigenvalue weighted by Gasteiger charge is 2.45. The van der Waals surface area contributed by atoms with E-state index in [-0.39, 0.29) is 22.1 Å². The highest BCUT2D eigenvalue weighted by molar-refractivity contribution is 5.83. The first-order valence-corrected chi connectivity index (χ1v) is 14.3. The van der Waals surface area contributed by atoms with E-state index in [9.17, 15) is 29.7 Å². The molecule has 4 N–H and O–H groups in total. The Bertz CT molecular complexity index is 1610. The Hall–Kier alpha value is -4.37. The van der Waals surface area contributed by atoms with Crippen molar-refractivity contribution in [1.82, 2.24) is 5.32 Å². The molecule has 1 aromatic heterocycles. The molecule has 1 saturated heterocycles. The van der Waals surface area contributed by atoms with E-state index in [1.54, 1.807) is 39.0 Å². The van der Waals surface area contributed by atoms with Crippen LogP contribution in [0.4, 0.5) is 4.79 Å². The summed E-state index contributed by atoms with van der Waals surface area (Å²) in [4.78, 5) is 37.7. The summed E-state index contributed by atoms with van der Waals surface area (Å²) in [7, 11) is 0. The van der Waals surface area contributed by atoms with Crippen molar-refractivity contribution in [3.63, 3.8) is 0 Å². The van der Waals surface area contributed by atoms with Crippen molar-refractivity contribution in [3.05, 3.63) is 52.9 Å². The molecule has 14 nitrogen and oxygen atoms in total. The summed E-state index contributed by atoms with van der Waals surface area (Å²) in [5.41, 5.74) is 0.00530. The second kappa shape index (κ2) is 12.9. The number of hydrogen-bond acceptors (Lipinski definition) is 13. The molecule has 2 aliphatic rings. The van der Waals surface area contributed by atoms with Crippen LogP contribution in [0.5, 0.6) is 17.2 Å². The number of benzene rings is 2. The molecule has 3 aromatic rings. The van der Waals surface area contributed by atoms with E-state index >= 15 is 0 Å². The van der Waals surface area contributed by atoms with E-state index in [2.05, 4.69) is 5.32 Å². The molecule has 0 saturated carbocycles. The fourth-order valence-electron chi connectivity index (χ4n) is 4.71. The second-order valence-electron chi connectivity index (χ2n) is 11.6. The van der Waals surface area contributed by atoms with E-state index in [0.29, 0.717) is 35.8 Å². The van der Waals surface area contributed by atoms with Crippen LogP contribution in [0.15, 0.2) is 51.9 Å². The third-order valence-corrected chi connectivity index (χ3v) is 7.00. The molecule has 1 fully saturated rings. The molecule has 2 aliphatic heterocycles. The zero-order chi connectivity index (χ0) is 32.5. The van der Waals surface area contributed by atoms with Crippen molar-refractivity contribution < 1.29 is 57.7 Å². The Balaban J connectivity index is 1.25. The summed E-state index contributed by atoms with van der Waals surface area (Å²) in [6, 6.07) is 8.42. The van der Waals surface area contributed by atoms with Crippen LogP contribution in [0.2, 0.25) is 0 Å². The van der Waals surface area contributed by atoms with Gasteiger partial charge in [0.15, 0.2) is 16.9 Å². The Labute approximate surface area is 257 Å². The summed E-state index contributed by atoms with van der Waals surface area (Å²) in [6.07, 6.45) is -7.32. The number of aliphatic hydroxyl groups excluding tert-OH is 3. The maximum atomic E-state index is 13.3. The highest BCUT2D eigenvalue weighted by atomic mass is 16.7. The minimum Gasteiger partial charge on any atom is -0.486 e. The predicted octanol–water partition coefficient (Wildman–Crippen LogP) is 1.87. The molecule has 14 heteroatoms. The largest absolute Gasteiger partial charge is 0.486 e. The normalized spacial score (nSPS) is 23.6. The van der Waals surface area contributed by atoms with Crippen LogP contribution in [-0.4, -0.2) is 89.6 Å². The van der Waals surface area contributed by atoms with Crippen molar-refractivity contribution in [1.29, 1.82) is 0 Å². The van der Waals surface area contributed by atoms with Gasteiger partial charge in [0.05, 0.1) is 10.9 Å². The molecule has 2 aromatic carbocycles. The van der Waals surface area contributed by atoms with Crippen molar-refractivity contribution in [3.8, 4) is 28.4 Å². The fourth-order valence-corrected chi connectivity index (χ4v) is 4.71. The van der Waals surface area contributed by atoms with Gasteiger partial charge in [-0.25, -0.2) is 9.59 Å². The third-order valence-electron chi connectivity index (χ3n) is 7.00. The number of nitrogens with one attached hydrogen (secondary N) is 1. The molecule has 0 aliphatic carbocycles. The molecule has 0 spiro atoms. The Morgan fingerprint density at radius 3 is 2.47 bits per heavy atom. The zero-order valence-corrected chi connectivity index (χ0v) is 25.1. The average molecular weight is 630 g/mol. The third kappa shape index (κ3) is 7.31. The lowest BCUT2D eigenvalue weighted by Crippen LogP contribution is -2.60. The summed E-state index contributed by atoms with van der Waals surface area (Å²) < 4.78 is 38.5. The van der Waals surface area contributed by atoms with E-state index in [4.69, 9.17) is 32.8 Å². The van der Waals surface area contributed by atoms with Gasteiger partial charge in [-0.3, -0.25) is 4.79 Å². The van der Waals surface area contributed by atoms with Gasteiger partial charge in [-0.1, -0.05) is 6.07 Å². The van der Waals surface area contributed by atoms with Crippen molar-refractivity contribution in [2.75, 3.05) is 19.8 Å². The van der Waals surface area contributed by atoms with Gasteiger partial charge in [0, 0.05) is 6.07 Å². The van der Waals surface area contributed by atoms with Gasteiger partial charge in [0.25, 0.3) is 0 Å². The van der Waals surface area contributed by atoms with Gasteiger partial charge in [-0.15, -0.1) is 0 Å². The van der Waals surface area contributed by atoms with E-state index in [0.717, 1.165) is 0 Å². The number of carbonyl (C=O) groups is 2. The molecule has 0 radical (unpaired) electrons. The maximum Gasteiger partial charge on any atom is 0.408 e. The number of alkyl carbamates (subject to hydrolysis) is 1. The van der Waals surface area contributed by atoms with Gasteiger partial charge in [0.2, 0.25) is 6.29 Å². The number of carbonyl (C=O) groups excluding carboxylic acids is 2. The Morgan fingerprint density at radius 1 is 1.00 bits per heavy atom. The summed E-state index contributed by atoms with van der Waals surface area (Å²) in [6.45, 7) is 6.71. The fraction of sp³-hybridized carbons (Fsp3) is 0.452. The molecule has 6 atom stereocenters. The van der Waals surface area contributed by atoms with Crippen molar-refractivity contribution >= 4 is 23.0 Å². The number of amides is 1. The standard InChI is InChI=1S/C31H35NO13/c1-15(32-30(38)45-31(2,3)4)28(37)42-14-23-25(34)26(35)27(36)29(44-23)43-17-6-7-18-21(12-17)41-13-19(24(18)33)16-5-8-20-22(11-16)40-10-9-39-20/h5-8,11-13,15,23,25-27,29,34-36H,9-10,14H2,1-4H3,(H,32,38)/t15-,23-,25-,26+,27+,29-/m1/s1. The number of hydrogen-bond donors (Lipinski definition) is 4. The topological polar surface area (TPSA) is 192 Å². The molecule has 3 heterocycles. The minimum absolute atomic E-state index is 0.122. The molecular weight excluding hydrogens is 594 g/mol. The maximum absolute atomic E-state index is 13.3. The molecule has 45 heavy (non-hydrogen) atoms. The smallest absolute Gasteiger partial charge is 0.408 e. The van der Waals surface area contributed by atoms with E-state index in [1.165, 1.54) is 31.4 Å². The summed E-state index contributed by atoms with van der Waals surface area (Å²) >= 11 is 0. The number of esters is 1. The van der Waals surface area contributed by atoms with Gasteiger partial charge < -0.3 is 53.5 Å². The molecule has 0 bridgehead atoms. The van der Waals surface area contributed by atoms with E-state index < -0.39 is 61.0 Å². The van der Waals surface area contributed by atoms with Gasteiger partial charge in [0.1, 0.15) is 73.5 Å². The molecule has 5 rings (SSSR count). The lowest BCUT2D eigenvalue weighted by atomic mass is 9.99. The van der Waals surface area contributed by atoms with Crippen LogP contribution in [-0.2, 0) is 19.0 Å². The van der Waals surface area contributed by atoms with Gasteiger partial charge >= 0.3 is 12.1 Å².